The summed E-state index contributed by atoms with van der Waals surface area (Å²) in [5.74, 6) is -1.04. The van der Waals surface area contributed by atoms with Gasteiger partial charge in [0.15, 0.2) is 0 Å². The van der Waals surface area contributed by atoms with E-state index in [2.05, 4.69) is 15.9 Å². The molecule has 1 amide bonds. The van der Waals surface area contributed by atoms with E-state index in [9.17, 15) is 9.59 Å². The Balaban J connectivity index is 2.63. The summed E-state index contributed by atoms with van der Waals surface area (Å²) in [6.07, 6.45) is 1.36. The van der Waals surface area contributed by atoms with Gasteiger partial charge in [-0.25, -0.2) is 4.79 Å². The second kappa shape index (κ2) is 3.89. The highest BCUT2D eigenvalue weighted by Gasteiger charge is 2.32. The topological polar surface area (TPSA) is 57.6 Å². The number of nitrogens with zero attached hydrogens (tertiary/aromatic N) is 1. The quantitative estimate of drug-likeness (QED) is 0.708. The molecule has 4 nitrogen and oxygen atoms in total. The molecule has 0 aromatic carbocycles. The Hall–Kier alpha value is -0.580. The van der Waals surface area contributed by atoms with Gasteiger partial charge in [-0.15, -0.1) is 0 Å². The molecular weight excluding hydrogens is 226 g/mol. The molecule has 12 heavy (non-hydrogen) atoms. The molecular formula is C7H10BrNO3. The van der Waals surface area contributed by atoms with E-state index in [1.807, 2.05) is 0 Å². The minimum atomic E-state index is -0.901. The number of hydrogen-bond donors (Lipinski definition) is 1. The molecule has 1 N–H and O–H groups in total. The summed E-state index contributed by atoms with van der Waals surface area (Å²) in [6, 6.07) is -0.602. The third-order valence-electron chi connectivity index (χ3n) is 1.97. The van der Waals surface area contributed by atoms with E-state index in [4.69, 9.17) is 5.11 Å². The molecule has 0 bridgehead atoms. The molecule has 0 radical (unpaired) electrons. The van der Waals surface area contributed by atoms with E-state index in [0.717, 1.165) is 6.42 Å². The van der Waals surface area contributed by atoms with Gasteiger partial charge in [-0.05, 0) is 12.8 Å². The fraction of sp³-hybridized carbons (Fsp3) is 0.714. The zero-order valence-corrected chi connectivity index (χ0v) is 8.08. The van der Waals surface area contributed by atoms with E-state index >= 15 is 0 Å². The third kappa shape index (κ3) is 1.77. The summed E-state index contributed by atoms with van der Waals surface area (Å²) in [5.41, 5.74) is 0. The molecule has 1 rings (SSSR count). The second-order valence-electron chi connectivity index (χ2n) is 2.72. The van der Waals surface area contributed by atoms with Crippen molar-refractivity contribution in [2.75, 3.05) is 11.9 Å². The number of rotatable bonds is 2. The van der Waals surface area contributed by atoms with Gasteiger partial charge in [0.05, 0.1) is 5.33 Å². The van der Waals surface area contributed by atoms with Crippen LogP contribution < -0.4 is 0 Å². The smallest absolute Gasteiger partial charge is 0.326 e. The van der Waals surface area contributed by atoms with E-state index < -0.39 is 12.0 Å². The Labute approximate surface area is 78.7 Å². The van der Waals surface area contributed by atoms with Crippen molar-refractivity contribution in [2.24, 2.45) is 0 Å². The molecule has 0 aromatic rings. The van der Waals surface area contributed by atoms with Crippen LogP contribution >= 0.6 is 15.9 Å². The summed E-state index contributed by atoms with van der Waals surface area (Å²) >= 11 is 3.02. The first-order valence-electron chi connectivity index (χ1n) is 3.75. The highest BCUT2D eigenvalue weighted by molar-refractivity contribution is 9.09. The predicted molar refractivity (Wildman–Crippen MR) is 46.2 cm³/mol. The molecule has 1 atom stereocenters. The lowest BCUT2D eigenvalue weighted by Crippen LogP contribution is -2.40. The molecule has 1 aliphatic heterocycles. The molecule has 1 heterocycles. The van der Waals surface area contributed by atoms with Gasteiger partial charge in [0.2, 0.25) is 5.91 Å². The number of halogens is 1. The monoisotopic (exact) mass is 235 g/mol. The van der Waals surface area contributed by atoms with E-state index in [0.29, 0.717) is 13.0 Å². The number of likely N-dealkylation sites (tertiary alicyclic amines) is 1. The second-order valence-corrected chi connectivity index (χ2v) is 3.28. The van der Waals surface area contributed by atoms with Crippen LogP contribution in [0.2, 0.25) is 0 Å². The van der Waals surface area contributed by atoms with Crippen LogP contribution in [-0.4, -0.2) is 39.8 Å². The molecule has 1 aliphatic rings. The van der Waals surface area contributed by atoms with Gasteiger partial charge in [0.1, 0.15) is 6.04 Å². The van der Waals surface area contributed by atoms with Crippen molar-refractivity contribution in [3.8, 4) is 0 Å². The Bertz CT molecular complexity index is 207. The summed E-state index contributed by atoms with van der Waals surface area (Å²) < 4.78 is 0. The summed E-state index contributed by atoms with van der Waals surface area (Å²) in [4.78, 5) is 23.2. The van der Waals surface area contributed by atoms with Crippen LogP contribution in [0.3, 0.4) is 0 Å². The first kappa shape index (κ1) is 9.51. The van der Waals surface area contributed by atoms with Crippen molar-refractivity contribution in [3.63, 3.8) is 0 Å². The number of alkyl halides is 1. The normalized spacial score (nSPS) is 22.8. The van der Waals surface area contributed by atoms with Gasteiger partial charge in [-0.3, -0.25) is 4.79 Å². The number of carbonyl (C=O) groups excluding carboxylic acids is 1. The van der Waals surface area contributed by atoms with Gasteiger partial charge in [0.25, 0.3) is 0 Å². The maximum Gasteiger partial charge on any atom is 0.326 e. The molecule has 5 heteroatoms. The van der Waals surface area contributed by atoms with Gasteiger partial charge in [0, 0.05) is 6.54 Å². The van der Waals surface area contributed by atoms with Crippen molar-refractivity contribution in [2.45, 2.75) is 18.9 Å². The fourth-order valence-corrected chi connectivity index (χ4v) is 1.72. The molecule has 1 saturated heterocycles. The lowest BCUT2D eigenvalue weighted by Gasteiger charge is -2.19. The average Bonchev–Trinajstić information content (AvgIpc) is 2.50. The number of carboxylic acid groups (broad SMARTS) is 1. The lowest BCUT2D eigenvalue weighted by molar-refractivity contribution is -0.147. The standard InChI is InChI=1S/C7H10BrNO3/c8-4-6(10)9-3-1-2-5(9)7(11)12/h5H,1-4H2,(H,11,12). The molecule has 1 unspecified atom stereocenters. The number of carboxylic acids is 1. The lowest BCUT2D eigenvalue weighted by atomic mass is 10.2. The van der Waals surface area contributed by atoms with Gasteiger partial charge in [-0.2, -0.15) is 0 Å². The van der Waals surface area contributed by atoms with E-state index in [-0.39, 0.29) is 11.2 Å². The Kier molecular flexibility index (Phi) is 3.08. The molecule has 0 aromatic heterocycles. The zero-order chi connectivity index (χ0) is 9.14. The van der Waals surface area contributed by atoms with Crippen LogP contribution in [0.5, 0.6) is 0 Å². The van der Waals surface area contributed by atoms with Crippen LogP contribution in [0.4, 0.5) is 0 Å². The van der Waals surface area contributed by atoms with Gasteiger partial charge < -0.3 is 10.0 Å². The van der Waals surface area contributed by atoms with Crippen LogP contribution in [0.15, 0.2) is 0 Å². The first-order chi connectivity index (χ1) is 5.66. The first-order valence-corrected chi connectivity index (χ1v) is 4.87. The fourth-order valence-electron chi connectivity index (χ4n) is 1.40. The molecule has 0 aliphatic carbocycles. The van der Waals surface area contributed by atoms with Crippen molar-refractivity contribution in [1.29, 1.82) is 0 Å². The van der Waals surface area contributed by atoms with E-state index in [1.54, 1.807) is 0 Å². The number of aliphatic carboxylic acids is 1. The minimum absolute atomic E-state index is 0.139. The molecule has 0 saturated carbocycles. The van der Waals surface area contributed by atoms with Crippen LogP contribution in [0.25, 0.3) is 0 Å². The third-order valence-corrected chi connectivity index (χ3v) is 2.45. The largest absolute Gasteiger partial charge is 0.480 e. The molecule has 0 spiro atoms. The van der Waals surface area contributed by atoms with Crippen molar-refractivity contribution in [1.82, 2.24) is 4.90 Å². The van der Waals surface area contributed by atoms with Crippen LogP contribution in [-0.2, 0) is 9.59 Å². The Morgan fingerprint density at radius 2 is 2.25 bits per heavy atom. The zero-order valence-electron chi connectivity index (χ0n) is 6.49. The van der Waals surface area contributed by atoms with Crippen LogP contribution in [0, 0.1) is 0 Å². The van der Waals surface area contributed by atoms with Gasteiger partial charge >= 0.3 is 5.97 Å². The van der Waals surface area contributed by atoms with Crippen molar-refractivity contribution < 1.29 is 14.7 Å². The maximum atomic E-state index is 11.1. The molecule has 68 valence electrons. The highest BCUT2D eigenvalue weighted by Crippen LogP contribution is 2.17. The van der Waals surface area contributed by atoms with Gasteiger partial charge in [-0.1, -0.05) is 15.9 Å². The van der Waals surface area contributed by atoms with Crippen LogP contribution in [0.1, 0.15) is 12.8 Å². The summed E-state index contributed by atoms with van der Waals surface area (Å²) in [5, 5.41) is 8.92. The number of amides is 1. The van der Waals surface area contributed by atoms with Crippen molar-refractivity contribution in [3.05, 3.63) is 0 Å². The summed E-state index contributed by atoms with van der Waals surface area (Å²) in [6.45, 7) is 0.571. The summed E-state index contributed by atoms with van der Waals surface area (Å²) in [7, 11) is 0. The van der Waals surface area contributed by atoms with E-state index in [1.165, 1.54) is 4.90 Å². The average molecular weight is 236 g/mol. The highest BCUT2D eigenvalue weighted by atomic mass is 79.9. The SMILES string of the molecule is O=C(O)C1CCCN1C(=O)CBr. The number of carbonyl (C=O) groups is 2. The molecule has 1 fully saturated rings. The number of hydrogen-bond acceptors (Lipinski definition) is 2. The minimum Gasteiger partial charge on any atom is -0.480 e. The Morgan fingerprint density at radius 3 is 2.75 bits per heavy atom. The maximum absolute atomic E-state index is 11.1. The Morgan fingerprint density at radius 1 is 1.58 bits per heavy atom. The van der Waals surface area contributed by atoms with Crippen molar-refractivity contribution >= 4 is 27.8 Å². The predicted octanol–water partition coefficient (Wildman–Crippen LogP) is 0.457.